The highest BCUT2D eigenvalue weighted by Crippen LogP contribution is 2.37. The molecule has 2 N–H and O–H groups in total. The summed E-state index contributed by atoms with van der Waals surface area (Å²) in [6, 6.07) is -0.178. The van der Waals surface area contributed by atoms with Crippen molar-refractivity contribution in [2.24, 2.45) is 22.2 Å². The van der Waals surface area contributed by atoms with Crippen molar-refractivity contribution in [3.8, 4) is 0 Å². The lowest BCUT2D eigenvalue weighted by Gasteiger charge is -2.40. The molecule has 1 aliphatic heterocycles. The number of hydrogen-bond acceptors (Lipinski definition) is 2. The Morgan fingerprint density at radius 1 is 1.11 bits per heavy atom. The summed E-state index contributed by atoms with van der Waals surface area (Å²) in [5, 5.41) is 6.52. The van der Waals surface area contributed by atoms with Crippen LogP contribution >= 0.6 is 24.0 Å². The van der Waals surface area contributed by atoms with E-state index in [-0.39, 0.29) is 54.4 Å². The minimum absolute atomic E-state index is 0. The van der Waals surface area contributed by atoms with Gasteiger partial charge >= 0.3 is 6.18 Å². The van der Waals surface area contributed by atoms with Crippen LogP contribution in [0.5, 0.6) is 0 Å². The van der Waals surface area contributed by atoms with Gasteiger partial charge in [-0.05, 0) is 37.5 Å². The van der Waals surface area contributed by atoms with Gasteiger partial charge in [0.15, 0.2) is 5.96 Å². The van der Waals surface area contributed by atoms with Gasteiger partial charge in [0.25, 0.3) is 0 Å². The van der Waals surface area contributed by atoms with E-state index in [4.69, 9.17) is 4.74 Å². The fourth-order valence-corrected chi connectivity index (χ4v) is 4.24. The molecule has 0 radical (unpaired) electrons. The summed E-state index contributed by atoms with van der Waals surface area (Å²) >= 11 is 0. The Hall–Kier alpha value is -0.250. The van der Waals surface area contributed by atoms with Crippen molar-refractivity contribution in [1.29, 1.82) is 0 Å². The zero-order valence-corrected chi connectivity index (χ0v) is 19.2. The summed E-state index contributed by atoms with van der Waals surface area (Å²) in [5.41, 5.74) is 0.0625. The van der Waals surface area contributed by atoms with Crippen LogP contribution in [-0.2, 0) is 4.74 Å². The van der Waals surface area contributed by atoms with Gasteiger partial charge in [-0.3, -0.25) is 4.99 Å². The second-order valence-corrected chi connectivity index (χ2v) is 8.76. The van der Waals surface area contributed by atoms with E-state index in [1.807, 2.05) is 0 Å². The van der Waals surface area contributed by atoms with Gasteiger partial charge in [-0.15, -0.1) is 24.0 Å². The van der Waals surface area contributed by atoms with E-state index in [9.17, 15) is 13.2 Å². The maximum Gasteiger partial charge on any atom is 0.391 e. The summed E-state index contributed by atoms with van der Waals surface area (Å²) in [4.78, 5) is 4.21. The molecule has 1 heterocycles. The van der Waals surface area contributed by atoms with E-state index in [2.05, 4.69) is 36.4 Å². The fraction of sp³-hybridized carbons (Fsp3) is 0.947. The first-order valence-electron chi connectivity index (χ1n) is 9.76. The Morgan fingerprint density at radius 3 is 2.41 bits per heavy atom. The van der Waals surface area contributed by atoms with Gasteiger partial charge in [0.05, 0.1) is 12.0 Å². The molecule has 0 amide bonds. The zero-order chi connectivity index (χ0) is 19.4. The number of rotatable bonds is 3. The maximum atomic E-state index is 13.0. The third kappa shape index (κ3) is 7.59. The standard InChI is InChI=1S/C19H34F3N3O.HI/c1-18(2,3)16-13(7-6-10-26-16)12-24-17(23-4)25-15-9-5-8-14(11-15)19(20,21)22;/h13-16H,5-12H2,1-4H3,(H2,23,24,25);1H. The molecule has 2 fully saturated rings. The number of hydrogen-bond donors (Lipinski definition) is 2. The van der Waals surface area contributed by atoms with Gasteiger partial charge in [0.1, 0.15) is 0 Å². The van der Waals surface area contributed by atoms with Crippen LogP contribution in [0.25, 0.3) is 0 Å². The van der Waals surface area contributed by atoms with Crippen molar-refractivity contribution >= 4 is 29.9 Å². The van der Waals surface area contributed by atoms with Crippen molar-refractivity contribution in [2.45, 2.75) is 77.6 Å². The van der Waals surface area contributed by atoms with Crippen LogP contribution in [0.2, 0.25) is 0 Å². The molecule has 0 aromatic heterocycles. The Kier molecular flexibility index (Phi) is 9.64. The van der Waals surface area contributed by atoms with Gasteiger partial charge in [-0.1, -0.05) is 27.2 Å². The highest BCUT2D eigenvalue weighted by Gasteiger charge is 2.42. The number of guanidine groups is 1. The minimum atomic E-state index is -4.10. The lowest BCUT2D eigenvalue weighted by Crippen LogP contribution is -2.50. The van der Waals surface area contributed by atoms with Crippen molar-refractivity contribution in [3.63, 3.8) is 0 Å². The summed E-state index contributed by atoms with van der Waals surface area (Å²) < 4.78 is 45.0. The number of ether oxygens (including phenoxy) is 1. The Bertz CT molecular complexity index is 480. The molecule has 0 aromatic carbocycles. The largest absolute Gasteiger partial charge is 0.391 e. The number of nitrogens with zero attached hydrogens (tertiary/aromatic N) is 1. The first-order valence-corrected chi connectivity index (χ1v) is 9.76. The van der Waals surface area contributed by atoms with Gasteiger partial charge in [-0.25, -0.2) is 0 Å². The molecule has 1 aliphatic carbocycles. The van der Waals surface area contributed by atoms with E-state index in [0.717, 1.165) is 32.4 Å². The number of halogens is 4. The van der Waals surface area contributed by atoms with E-state index in [1.165, 1.54) is 0 Å². The van der Waals surface area contributed by atoms with E-state index >= 15 is 0 Å². The molecule has 1 saturated heterocycles. The smallest absolute Gasteiger partial charge is 0.377 e. The quantitative estimate of drug-likeness (QED) is 0.331. The molecule has 2 aliphatic rings. The fourth-order valence-electron chi connectivity index (χ4n) is 4.24. The summed E-state index contributed by atoms with van der Waals surface area (Å²) in [7, 11) is 1.66. The van der Waals surface area contributed by atoms with Crippen LogP contribution in [-0.4, -0.2) is 44.5 Å². The third-order valence-corrected chi connectivity index (χ3v) is 5.53. The predicted octanol–water partition coefficient (Wildman–Crippen LogP) is 4.73. The lowest BCUT2D eigenvalue weighted by atomic mass is 9.78. The number of alkyl halides is 3. The highest BCUT2D eigenvalue weighted by atomic mass is 127. The van der Waals surface area contributed by atoms with Crippen molar-refractivity contribution in [1.82, 2.24) is 10.6 Å². The second-order valence-electron chi connectivity index (χ2n) is 8.76. The van der Waals surface area contributed by atoms with Crippen LogP contribution < -0.4 is 10.6 Å². The van der Waals surface area contributed by atoms with E-state index in [0.29, 0.717) is 18.3 Å². The Balaban J connectivity index is 0.00000364. The number of aliphatic imine (C=N–C) groups is 1. The van der Waals surface area contributed by atoms with Crippen LogP contribution in [0.15, 0.2) is 4.99 Å². The molecule has 4 nitrogen and oxygen atoms in total. The summed E-state index contributed by atoms with van der Waals surface area (Å²) in [5.74, 6) is -0.239. The van der Waals surface area contributed by atoms with Crippen LogP contribution in [0, 0.1) is 17.3 Å². The normalized spacial score (nSPS) is 30.4. The molecule has 4 atom stereocenters. The molecule has 4 unspecified atom stereocenters. The first-order chi connectivity index (χ1) is 12.1. The molecule has 1 saturated carbocycles. The molecule has 0 bridgehead atoms. The first kappa shape index (κ1) is 24.8. The van der Waals surface area contributed by atoms with Gasteiger partial charge in [-0.2, -0.15) is 13.2 Å². The molecule has 27 heavy (non-hydrogen) atoms. The number of nitrogens with one attached hydrogen (secondary N) is 2. The van der Waals surface area contributed by atoms with Crippen LogP contribution in [0.1, 0.15) is 59.3 Å². The van der Waals surface area contributed by atoms with Crippen LogP contribution in [0.3, 0.4) is 0 Å². The molecule has 0 spiro atoms. The van der Waals surface area contributed by atoms with Crippen molar-refractivity contribution in [2.75, 3.05) is 20.2 Å². The Labute approximate surface area is 178 Å². The lowest BCUT2D eigenvalue weighted by molar-refractivity contribution is -0.183. The van der Waals surface area contributed by atoms with Gasteiger partial charge < -0.3 is 15.4 Å². The second kappa shape index (κ2) is 10.5. The SMILES string of the molecule is CN=C(NCC1CCCOC1C(C)(C)C)NC1CCCC(C(F)(F)F)C1.I. The molecular formula is C19H35F3IN3O. The maximum absolute atomic E-state index is 13.0. The van der Waals surface area contributed by atoms with E-state index < -0.39 is 12.1 Å². The minimum Gasteiger partial charge on any atom is -0.377 e. The van der Waals surface area contributed by atoms with Crippen LogP contribution in [0.4, 0.5) is 13.2 Å². The van der Waals surface area contributed by atoms with Crippen molar-refractivity contribution in [3.05, 3.63) is 0 Å². The third-order valence-electron chi connectivity index (χ3n) is 5.53. The Morgan fingerprint density at radius 2 is 1.81 bits per heavy atom. The molecule has 8 heteroatoms. The highest BCUT2D eigenvalue weighted by molar-refractivity contribution is 14.0. The monoisotopic (exact) mass is 505 g/mol. The molecule has 0 aromatic rings. The molecule has 160 valence electrons. The summed E-state index contributed by atoms with van der Waals surface area (Å²) in [6.45, 7) is 8.07. The van der Waals surface area contributed by atoms with E-state index in [1.54, 1.807) is 7.05 Å². The van der Waals surface area contributed by atoms with Crippen molar-refractivity contribution < 1.29 is 17.9 Å². The molecular weight excluding hydrogens is 470 g/mol. The molecule has 2 rings (SSSR count). The average Bonchev–Trinajstić information content (AvgIpc) is 2.57. The summed E-state index contributed by atoms with van der Waals surface area (Å²) in [6.07, 6.45) is -0.0810. The van der Waals surface area contributed by atoms with Gasteiger partial charge in [0.2, 0.25) is 0 Å². The predicted molar refractivity (Wildman–Crippen MR) is 114 cm³/mol. The topological polar surface area (TPSA) is 45.7 Å². The average molecular weight is 505 g/mol. The van der Waals surface area contributed by atoms with Gasteiger partial charge in [0, 0.05) is 32.2 Å². The zero-order valence-electron chi connectivity index (χ0n) is 16.9.